The van der Waals surface area contributed by atoms with Crippen molar-refractivity contribution in [1.82, 2.24) is 24.5 Å². The molecule has 0 spiro atoms. The predicted molar refractivity (Wildman–Crippen MR) is 142 cm³/mol. The van der Waals surface area contributed by atoms with Gasteiger partial charge in [0.2, 0.25) is 5.88 Å². The van der Waals surface area contributed by atoms with Crippen LogP contribution < -0.4 is 4.74 Å². The summed E-state index contributed by atoms with van der Waals surface area (Å²) in [6, 6.07) is 11.2. The Morgan fingerprint density at radius 3 is 2.63 bits per heavy atom. The van der Waals surface area contributed by atoms with E-state index in [1.54, 1.807) is 16.7 Å². The summed E-state index contributed by atoms with van der Waals surface area (Å²) < 4.78 is 55.6. The van der Waals surface area contributed by atoms with E-state index in [-0.39, 0.29) is 53.1 Å². The van der Waals surface area contributed by atoms with Crippen LogP contribution in [-0.2, 0) is 29.3 Å². The zero-order chi connectivity index (χ0) is 28.9. The van der Waals surface area contributed by atoms with Crippen molar-refractivity contribution in [2.75, 3.05) is 13.7 Å². The van der Waals surface area contributed by atoms with Gasteiger partial charge in [-0.05, 0) is 42.0 Å². The van der Waals surface area contributed by atoms with Crippen LogP contribution in [-0.4, -0.2) is 44.2 Å². The van der Waals surface area contributed by atoms with Crippen LogP contribution in [0.15, 0.2) is 60.9 Å². The number of imidazole rings is 1. The number of fused-ring (bicyclic) bond motifs is 1. The molecule has 3 aromatic heterocycles. The van der Waals surface area contributed by atoms with E-state index in [2.05, 4.69) is 24.9 Å². The Labute approximate surface area is 236 Å². The van der Waals surface area contributed by atoms with Crippen LogP contribution in [0.2, 0.25) is 5.15 Å². The van der Waals surface area contributed by atoms with Gasteiger partial charge in [-0.1, -0.05) is 17.7 Å². The molecule has 0 fully saturated rings. The summed E-state index contributed by atoms with van der Waals surface area (Å²) in [5.74, 6) is -1.93. The van der Waals surface area contributed by atoms with Crippen molar-refractivity contribution >= 4 is 28.6 Å². The average Bonchev–Trinajstić information content (AvgIpc) is 3.33. The fourth-order valence-electron chi connectivity index (χ4n) is 4.21. The summed E-state index contributed by atoms with van der Waals surface area (Å²) in [5.41, 5.74) is 1.64. The van der Waals surface area contributed by atoms with Gasteiger partial charge in [0.1, 0.15) is 29.2 Å². The highest BCUT2D eigenvalue weighted by molar-refractivity contribution is 6.29. The lowest BCUT2D eigenvalue weighted by molar-refractivity contribution is -0.0787. The monoisotopic (exact) mass is 583 g/mol. The maximum Gasteiger partial charge on any atom is 0.379 e. The minimum Gasteiger partial charge on any atom is -0.471 e. The van der Waals surface area contributed by atoms with E-state index < -0.39 is 17.6 Å². The number of carbonyl (C=O) groups excluding carboxylic acids is 1. The number of hydrogen-bond acceptors (Lipinski definition) is 8. The molecule has 0 radical (unpaired) electrons. The van der Waals surface area contributed by atoms with Gasteiger partial charge in [-0.3, -0.25) is 4.98 Å². The fraction of sp³-hybridized carbons (Fsp3) is 0.179. The normalized spacial score (nSPS) is 11.1. The average molecular weight is 584 g/mol. The first kappa shape index (κ1) is 28.0. The number of hydrogen-bond donors (Lipinski definition) is 0. The topological polar surface area (TPSA) is 101 Å². The zero-order valence-corrected chi connectivity index (χ0v) is 22.2. The first-order valence-electron chi connectivity index (χ1n) is 12.2. The minimum absolute atomic E-state index is 0.0218. The Bertz CT molecular complexity index is 1720. The number of methoxy groups -OCH3 is 1. The van der Waals surface area contributed by atoms with Gasteiger partial charge in [-0.15, -0.1) is 0 Å². The molecule has 0 bridgehead atoms. The first-order valence-corrected chi connectivity index (χ1v) is 12.6. The lowest BCUT2D eigenvalue weighted by atomic mass is 10.0. The van der Waals surface area contributed by atoms with E-state index in [4.69, 9.17) is 21.1 Å². The Balaban J connectivity index is 1.41. The third kappa shape index (κ3) is 6.28. The van der Waals surface area contributed by atoms with Crippen LogP contribution in [0.3, 0.4) is 0 Å². The summed E-state index contributed by atoms with van der Waals surface area (Å²) in [6.07, 6.45) is 2.78. The smallest absolute Gasteiger partial charge is 0.379 e. The number of pyridine rings is 1. The molecule has 3 heterocycles. The molecule has 13 heteroatoms. The van der Waals surface area contributed by atoms with Gasteiger partial charge < -0.3 is 14.0 Å². The molecule has 0 atom stereocenters. The van der Waals surface area contributed by atoms with E-state index >= 15 is 8.78 Å². The molecule has 0 aliphatic rings. The zero-order valence-electron chi connectivity index (χ0n) is 21.5. The highest BCUT2D eigenvalue weighted by atomic mass is 35.5. The van der Waals surface area contributed by atoms with Crippen LogP contribution in [0, 0.1) is 11.6 Å². The van der Waals surface area contributed by atoms with Crippen molar-refractivity contribution in [2.24, 2.45) is 0 Å². The number of ether oxygens (including phenoxy) is 2. The molecule has 0 unspecified atom stereocenters. The molecule has 0 amide bonds. The standard InChI is InChI=1S/C28H21ClF3N5O4/c1-39-8-7-37-24-10-16(28(38)41-32)5-6-23(24)35-26(37)11-17-9-21(31)19(12-20(17)30)22-3-2-4-27(36-22)40-15-18-13-34-25(29)14-33-18/h2-6,9-10,12-14H,7-8,11,15H2,1H3. The number of aromatic nitrogens is 5. The third-order valence-electron chi connectivity index (χ3n) is 6.18. The number of carbonyl (C=O) groups is 1. The van der Waals surface area contributed by atoms with E-state index in [0.29, 0.717) is 29.1 Å². The van der Waals surface area contributed by atoms with Crippen LogP contribution in [0.5, 0.6) is 5.88 Å². The van der Waals surface area contributed by atoms with Crippen molar-refractivity contribution in [3.63, 3.8) is 0 Å². The van der Waals surface area contributed by atoms with Gasteiger partial charge >= 0.3 is 5.97 Å². The van der Waals surface area contributed by atoms with Crippen LogP contribution >= 0.6 is 11.6 Å². The second kappa shape index (κ2) is 12.3. The number of nitrogens with zero attached hydrogens (tertiary/aromatic N) is 5. The molecule has 2 aromatic carbocycles. The van der Waals surface area contributed by atoms with Gasteiger partial charge in [0.05, 0.1) is 47.0 Å². The summed E-state index contributed by atoms with van der Waals surface area (Å²) >= 11 is 5.74. The molecule has 9 nitrogen and oxygen atoms in total. The van der Waals surface area contributed by atoms with E-state index in [0.717, 1.165) is 12.1 Å². The van der Waals surface area contributed by atoms with Crippen LogP contribution in [0.25, 0.3) is 22.3 Å². The molecule has 0 aliphatic carbocycles. The predicted octanol–water partition coefficient (Wildman–Crippen LogP) is 5.68. The molecule has 0 saturated carbocycles. The lowest BCUT2D eigenvalue weighted by Gasteiger charge is -2.12. The van der Waals surface area contributed by atoms with Crippen molar-refractivity contribution in [3.05, 3.63) is 100 Å². The van der Waals surface area contributed by atoms with E-state index in [1.807, 2.05) is 0 Å². The second-order valence-corrected chi connectivity index (χ2v) is 9.21. The summed E-state index contributed by atoms with van der Waals surface area (Å²) in [6.45, 7) is 0.634. The lowest BCUT2D eigenvalue weighted by Crippen LogP contribution is -2.10. The van der Waals surface area contributed by atoms with Crippen LogP contribution in [0.1, 0.15) is 27.4 Å². The third-order valence-corrected chi connectivity index (χ3v) is 6.37. The van der Waals surface area contributed by atoms with Gasteiger partial charge in [0, 0.05) is 36.2 Å². The Hall–Kier alpha value is -4.55. The minimum atomic E-state index is -1.15. The number of rotatable bonds is 10. The molecule has 0 saturated heterocycles. The van der Waals surface area contributed by atoms with Crippen molar-refractivity contribution < 1.29 is 32.5 Å². The maximum atomic E-state index is 15.3. The van der Waals surface area contributed by atoms with Crippen LogP contribution in [0.4, 0.5) is 13.3 Å². The molecular weight excluding hydrogens is 563 g/mol. The Morgan fingerprint density at radius 1 is 1.02 bits per heavy atom. The van der Waals surface area contributed by atoms with E-state index in [1.165, 1.54) is 43.8 Å². The summed E-state index contributed by atoms with van der Waals surface area (Å²) in [7, 11) is 1.51. The quantitative estimate of drug-likeness (QED) is 0.207. The van der Waals surface area contributed by atoms with Crippen molar-refractivity contribution in [1.29, 1.82) is 0 Å². The van der Waals surface area contributed by atoms with Gasteiger partial charge in [-0.25, -0.2) is 33.5 Å². The second-order valence-electron chi connectivity index (χ2n) is 8.82. The highest BCUT2D eigenvalue weighted by Crippen LogP contribution is 2.28. The molecule has 5 rings (SSSR count). The van der Waals surface area contributed by atoms with Crippen molar-refractivity contribution in [2.45, 2.75) is 19.6 Å². The molecular formula is C28H21ClF3N5O4. The molecule has 210 valence electrons. The largest absolute Gasteiger partial charge is 0.471 e. The highest BCUT2D eigenvalue weighted by Gasteiger charge is 2.19. The SMILES string of the molecule is COCCn1c(Cc2cc(F)c(-c3cccc(OCc4cnc(Cl)cn4)n3)cc2F)nc2ccc(C(=O)OF)cc21. The van der Waals surface area contributed by atoms with Crippen molar-refractivity contribution in [3.8, 4) is 17.1 Å². The van der Waals surface area contributed by atoms with Gasteiger partial charge in [0.25, 0.3) is 0 Å². The van der Waals surface area contributed by atoms with E-state index in [9.17, 15) is 9.32 Å². The Morgan fingerprint density at radius 2 is 1.88 bits per heavy atom. The summed E-state index contributed by atoms with van der Waals surface area (Å²) in [4.78, 5) is 31.8. The fourth-order valence-corrected chi connectivity index (χ4v) is 4.31. The molecule has 0 N–H and O–H groups in total. The summed E-state index contributed by atoms with van der Waals surface area (Å²) in [5, 5.41) is 0.247. The first-order chi connectivity index (χ1) is 19.9. The number of benzene rings is 2. The van der Waals surface area contributed by atoms with Gasteiger partial charge in [-0.2, -0.15) is 0 Å². The molecule has 0 aliphatic heterocycles. The maximum absolute atomic E-state index is 15.3. The molecule has 41 heavy (non-hydrogen) atoms. The molecule has 5 aromatic rings. The Kier molecular flexibility index (Phi) is 8.41. The number of halogens is 4. The van der Waals surface area contributed by atoms with Gasteiger partial charge in [0.15, 0.2) is 0 Å².